The Kier molecular flexibility index (Phi) is 2.81. The number of hydrogen-bond acceptors (Lipinski definition) is 3. The zero-order valence-corrected chi connectivity index (χ0v) is 10.9. The van der Waals surface area contributed by atoms with E-state index in [0.29, 0.717) is 22.2 Å². The van der Waals surface area contributed by atoms with E-state index in [1.54, 1.807) is 30.6 Å². The topological polar surface area (TPSA) is 58.7 Å². The monoisotopic (exact) mass is 261 g/mol. The number of nitrogens with zero attached hydrogens (tertiary/aromatic N) is 3. The summed E-state index contributed by atoms with van der Waals surface area (Å²) in [5.41, 5.74) is 2.56. The Hall–Kier alpha value is -2.93. The van der Waals surface area contributed by atoms with Gasteiger partial charge >= 0.3 is 0 Å². The van der Waals surface area contributed by atoms with Crippen LogP contribution in [-0.2, 0) is 0 Å². The maximum absolute atomic E-state index is 12.6. The minimum absolute atomic E-state index is 0.182. The largest absolute Gasteiger partial charge is 0.268 e. The predicted octanol–water partition coefficient (Wildman–Crippen LogP) is 2.90. The lowest BCUT2D eigenvalue weighted by molar-refractivity contribution is 0.0964. The molecule has 0 aliphatic carbocycles. The number of rotatable bonds is 1. The first kappa shape index (κ1) is 12.1. The van der Waals surface area contributed by atoms with Crippen LogP contribution < -0.4 is 0 Å². The van der Waals surface area contributed by atoms with E-state index >= 15 is 0 Å². The van der Waals surface area contributed by atoms with Crippen LogP contribution >= 0.6 is 0 Å². The third-order valence-electron chi connectivity index (χ3n) is 3.17. The smallest absolute Gasteiger partial charge is 0.263 e. The molecule has 2 heterocycles. The van der Waals surface area contributed by atoms with Crippen molar-refractivity contribution in [2.75, 3.05) is 0 Å². The highest BCUT2D eigenvalue weighted by molar-refractivity contribution is 6.02. The van der Waals surface area contributed by atoms with Crippen LogP contribution in [0.2, 0.25) is 0 Å². The van der Waals surface area contributed by atoms with Crippen molar-refractivity contribution in [2.24, 2.45) is 0 Å². The third kappa shape index (κ3) is 1.86. The average Bonchev–Trinajstić information content (AvgIpc) is 2.85. The highest BCUT2D eigenvalue weighted by Gasteiger charge is 2.15. The number of aryl methyl sites for hydroxylation is 1. The van der Waals surface area contributed by atoms with Gasteiger partial charge in [-0.3, -0.25) is 9.36 Å². The summed E-state index contributed by atoms with van der Waals surface area (Å²) in [5.74, 6) is -0.182. The van der Waals surface area contributed by atoms with E-state index < -0.39 is 0 Å². The van der Waals surface area contributed by atoms with Gasteiger partial charge in [0.25, 0.3) is 5.91 Å². The lowest BCUT2D eigenvalue weighted by atomic mass is 10.1. The summed E-state index contributed by atoms with van der Waals surface area (Å²) in [5, 5.41) is 9.83. The Morgan fingerprint density at radius 1 is 1.30 bits per heavy atom. The van der Waals surface area contributed by atoms with Gasteiger partial charge in [0.2, 0.25) is 0 Å². The number of pyridine rings is 1. The lowest BCUT2D eigenvalue weighted by Crippen LogP contribution is -2.11. The van der Waals surface area contributed by atoms with Gasteiger partial charge < -0.3 is 0 Å². The van der Waals surface area contributed by atoms with Crippen LogP contribution in [0.4, 0.5) is 0 Å². The molecule has 0 bridgehead atoms. The molecule has 0 N–H and O–H groups in total. The molecule has 1 aromatic carbocycles. The molecule has 0 fully saturated rings. The molecule has 4 heteroatoms. The molecule has 96 valence electrons. The Bertz CT molecular complexity index is 856. The molecule has 0 aliphatic rings. The van der Waals surface area contributed by atoms with Gasteiger partial charge in [-0.2, -0.15) is 5.26 Å². The Morgan fingerprint density at radius 3 is 2.90 bits per heavy atom. The molecule has 0 atom stereocenters. The predicted molar refractivity (Wildman–Crippen MR) is 75.4 cm³/mol. The number of nitriles is 1. The van der Waals surface area contributed by atoms with E-state index in [-0.39, 0.29) is 5.91 Å². The van der Waals surface area contributed by atoms with Gasteiger partial charge in [-0.05, 0) is 31.2 Å². The molecule has 0 spiro atoms. The van der Waals surface area contributed by atoms with Crippen LogP contribution in [0.1, 0.15) is 21.5 Å². The minimum atomic E-state index is -0.182. The molecular formula is C16H11N3O. The lowest BCUT2D eigenvalue weighted by Gasteiger charge is -2.04. The molecule has 3 aromatic rings. The second-order valence-electron chi connectivity index (χ2n) is 4.57. The summed E-state index contributed by atoms with van der Waals surface area (Å²) in [7, 11) is 0. The number of benzene rings is 1. The zero-order chi connectivity index (χ0) is 14.1. The van der Waals surface area contributed by atoms with Crippen molar-refractivity contribution in [3.05, 3.63) is 65.5 Å². The van der Waals surface area contributed by atoms with Gasteiger partial charge in [0, 0.05) is 23.3 Å². The highest BCUT2D eigenvalue weighted by atomic mass is 16.2. The quantitative estimate of drug-likeness (QED) is 0.676. The SMILES string of the molecule is Cc1cccc(C(=O)n2cc(C#N)c3cccnc32)c1. The summed E-state index contributed by atoms with van der Waals surface area (Å²) in [6, 6.07) is 13.0. The van der Waals surface area contributed by atoms with Crippen molar-refractivity contribution in [3.8, 4) is 6.07 Å². The average molecular weight is 261 g/mol. The third-order valence-corrected chi connectivity index (χ3v) is 3.17. The van der Waals surface area contributed by atoms with Crippen LogP contribution in [-0.4, -0.2) is 15.5 Å². The number of hydrogen-bond donors (Lipinski definition) is 0. The minimum Gasteiger partial charge on any atom is -0.268 e. The second-order valence-corrected chi connectivity index (χ2v) is 4.57. The van der Waals surface area contributed by atoms with Crippen LogP contribution in [0, 0.1) is 18.3 Å². The Balaban J connectivity index is 2.20. The van der Waals surface area contributed by atoms with Gasteiger partial charge in [0.05, 0.1) is 5.56 Å². The van der Waals surface area contributed by atoms with E-state index in [4.69, 9.17) is 5.26 Å². The molecule has 0 amide bonds. The molecule has 0 unspecified atom stereocenters. The Morgan fingerprint density at radius 2 is 2.15 bits per heavy atom. The van der Waals surface area contributed by atoms with Gasteiger partial charge in [-0.25, -0.2) is 4.98 Å². The Labute approximate surface area is 115 Å². The molecule has 0 saturated heterocycles. The first-order valence-corrected chi connectivity index (χ1v) is 6.18. The van der Waals surface area contributed by atoms with Gasteiger partial charge in [-0.15, -0.1) is 0 Å². The molecule has 0 aliphatic heterocycles. The fourth-order valence-electron chi connectivity index (χ4n) is 2.22. The molecule has 20 heavy (non-hydrogen) atoms. The van der Waals surface area contributed by atoms with Gasteiger partial charge in [-0.1, -0.05) is 17.7 Å². The summed E-state index contributed by atoms with van der Waals surface area (Å²) >= 11 is 0. The van der Waals surface area contributed by atoms with Crippen molar-refractivity contribution >= 4 is 16.9 Å². The van der Waals surface area contributed by atoms with Crippen molar-refractivity contribution in [1.29, 1.82) is 5.26 Å². The fourth-order valence-corrected chi connectivity index (χ4v) is 2.22. The molecule has 3 rings (SSSR count). The van der Waals surface area contributed by atoms with E-state index in [2.05, 4.69) is 11.1 Å². The first-order valence-electron chi connectivity index (χ1n) is 6.18. The summed E-state index contributed by atoms with van der Waals surface area (Å²) in [6.45, 7) is 1.93. The van der Waals surface area contributed by atoms with Gasteiger partial charge in [0.15, 0.2) is 0 Å². The summed E-state index contributed by atoms with van der Waals surface area (Å²) in [4.78, 5) is 16.8. The van der Waals surface area contributed by atoms with Crippen molar-refractivity contribution < 1.29 is 4.79 Å². The van der Waals surface area contributed by atoms with E-state index in [0.717, 1.165) is 5.56 Å². The van der Waals surface area contributed by atoms with Crippen LogP contribution in [0.15, 0.2) is 48.8 Å². The van der Waals surface area contributed by atoms with Crippen molar-refractivity contribution in [1.82, 2.24) is 9.55 Å². The number of carbonyl (C=O) groups excluding carboxylic acids is 1. The normalized spacial score (nSPS) is 10.4. The molecule has 0 radical (unpaired) electrons. The maximum atomic E-state index is 12.6. The van der Waals surface area contributed by atoms with Crippen molar-refractivity contribution in [2.45, 2.75) is 6.92 Å². The molecule has 4 nitrogen and oxygen atoms in total. The molecular weight excluding hydrogens is 250 g/mol. The first-order chi connectivity index (χ1) is 9.70. The highest BCUT2D eigenvalue weighted by Crippen LogP contribution is 2.20. The van der Waals surface area contributed by atoms with Crippen molar-refractivity contribution in [3.63, 3.8) is 0 Å². The summed E-state index contributed by atoms with van der Waals surface area (Å²) in [6.07, 6.45) is 3.16. The number of carbonyl (C=O) groups is 1. The van der Waals surface area contributed by atoms with Gasteiger partial charge in [0.1, 0.15) is 11.7 Å². The zero-order valence-electron chi connectivity index (χ0n) is 10.9. The standard InChI is InChI=1S/C16H11N3O/c1-11-4-2-5-12(8-11)16(20)19-10-13(9-17)14-6-3-7-18-15(14)19/h2-8,10H,1H3. The van der Waals surface area contributed by atoms with E-state index in [1.165, 1.54) is 4.57 Å². The van der Waals surface area contributed by atoms with Crippen LogP contribution in [0.5, 0.6) is 0 Å². The fraction of sp³-hybridized carbons (Fsp3) is 0.0625. The maximum Gasteiger partial charge on any atom is 0.263 e. The van der Waals surface area contributed by atoms with Crippen LogP contribution in [0.25, 0.3) is 11.0 Å². The molecule has 0 saturated carbocycles. The van der Waals surface area contributed by atoms with E-state index in [9.17, 15) is 4.79 Å². The van der Waals surface area contributed by atoms with E-state index in [1.807, 2.05) is 25.1 Å². The number of aromatic nitrogens is 2. The molecule has 2 aromatic heterocycles. The number of fused-ring (bicyclic) bond motifs is 1. The van der Waals surface area contributed by atoms with Crippen LogP contribution in [0.3, 0.4) is 0 Å². The second kappa shape index (κ2) is 4.63. The summed E-state index contributed by atoms with van der Waals surface area (Å²) < 4.78 is 1.43.